The summed E-state index contributed by atoms with van der Waals surface area (Å²) in [6, 6.07) is 0. The minimum atomic E-state index is -1.17. The second-order valence-corrected chi connectivity index (χ2v) is 10.4. The molecule has 0 bridgehead atoms. The lowest BCUT2D eigenvalue weighted by Gasteiger charge is -2.34. The standard InChI is InChI=1S/C29H53NO6/c1-2-3-4-5-6-7-8-9-10-11-12-13-14-15-16-17-18-19-20-21-22-23-30(24-27(31)32,25-28(33)34)26-29(35)36/h11-12H,2-10,13-26H2,1H3,(H2-,31,32,33,34,35,36)/p+1/b12-11+. The van der Waals surface area contributed by atoms with Gasteiger partial charge in [-0.1, -0.05) is 103 Å². The largest absolute Gasteiger partial charge is 0.477 e. The van der Waals surface area contributed by atoms with Crippen LogP contribution in [0.2, 0.25) is 0 Å². The van der Waals surface area contributed by atoms with Crippen LogP contribution in [-0.2, 0) is 14.4 Å². The molecule has 36 heavy (non-hydrogen) atoms. The molecular formula is C29H54NO6+. The van der Waals surface area contributed by atoms with Crippen LogP contribution in [-0.4, -0.2) is 63.9 Å². The first-order valence-electron chi connectivity index (χ1n) is 14.5. The summed E-state index contributed by atoms with van der Waals surface area (Å²) in [5.74, 6) is -3.51. The van der Waals surface area contributed by atoms with E-state index in [1.54, 1.807) is 0 Å². The van der Waals surface area contributed by atoms with Crippen LogP contribution in [0.5, 0.6) is 0 Å². The number of carboxylic acids is 3. The van der Waals surface area contributed by atoms with E-state index >= 15 is 0 Å². The Morgan fingerprint density at radius 3 is 1.14 bits per heavy atom. The monoisotopic (exact) mass is 512 g/mol. The highest BCUT2D eigenvalue weighted by Crippen LogP contribution is 2.15. The van der Waals surface area contributed by atoms with Crippen LogP contribution in [0.1, 0.15) is 129 Å². The number of rotatable bonds is 27. The van der Waals surface area contributed by atoms with Crippen molar-refractivity contribution in [2.75, 3.05) is 26.2 Å². The number of hydrogen-bond acceptors (Lipinski definition) is 3. The molecule has 0 saturated heterocycles. The van der Waals surface area contributed by atoms with E-state index in [4.69, 9.17) is 15.3 Å². The van der Waals surface area contributed by atoms with Gasteiger partial charge in [0.05, 0.1) is 6.54 Å². The van der Waals surface area contributed by atoms with Gasteiger partial charge in [0.15, 0.2) is 19.6 Å². The van der Waals surface area contributed by atoms with Crippen molar-refractivity contribution in [2.24, 2.45) is 0 Å². The fourth-order valence-electron chi connectivity index (χ4n) is 4.84. The highest BCUT2D eigenvalue weighted by atomic mass is 16.4. The minimum Gasteiger partial charge on any atom is -0.477 e. The molecule has 0 aromatic rings. The third-order valence-electron chi connectivity index (χ3n) is 6.81. The van der Waals surface area contributed by atoms with Crippen molar-refractivity contribution >= 4 is 17.9 Å². The van der Waals surface area contributed by atoms with E-state index in [9.17, 15) is 14.4 Å². The quantitative estimate of drug-likeness (QED) is 0.0618. The second kappa shape index (κ2) is 23.5. The van der Waals surface area contributed by atoms with Crippen molar-refractivity contribution in [3.63, 3.8) is 0 Å². The first kappa shape index (κ1) is 34.1. The van der Waals surface area contributed by atoms with Crippen LogP contribution in [0.3, 0.4) is 0 Å². The fraction of sp³-hybridized carbons (Fsp3) is 0.828. The van der Waals surface area contributed by atoms with Crippen LogP contribution < -0.4 is 0 Å². The zero-order chi connectivity index (χ0) is 26.9. The van der Waals surface area contributed by atoms with Crippen LogP contribution >= 0.6 is 0 Å². The molecule has 0 aliphatic heterocycles. The van der Waals surface area contributed by atoms with Gasteiger partial charge in [0.2, 0.25) is 0 Å². The summed E-state index contributed by atoms with van der Waals surface area (Å²) >= 11 is 0. The van der Waals surface area contributed by atoms with Crippen LogP contribution in [0.4, 0.5) is 0 Å². The van der Waals surface area contributed by atoms with E-state index < -0.39 is 42.0 Å². The summed E-state index contributed by atoms with van der Waals surface area (Å²) in [6.45, 7) is 1.09. The molecule has 7 heteroatoms. The topological polar surface area (TPSA) is 112 Å². The lowest BCUT2D eigenvalue weighted by molar-refractivity contribution is -0.907. The van der Waals surface area contributed by atoms with Gasteiger partial charge in [-0.2, -0.15) is 0 Å². The Morgan fingerprint density at radius 1 is 0.500 bits per heavy atom. The molecule has 0 aliphatic rings. The Balaban J connectivity index is 3.70. The molecule has 3 N–H and O–H groups in total. The predicted molar refractivity (Wildman–Crippen MR) is 145 cm³/mol. The van der Waals surface area contributed by atoms with Gasteiger partial charge in [0.25, 0.3) is 0 Å². The lowest BCUT2D eigenvalue weighted by Crippen LogP contribution is -2.57. The molecule has 0 aromatic heterocycles. The summed E-state index contributed by atoms with van der Waals surface area (Å²) in [4.78, 5) is 33.6. The van der Waals surface area contributed by atoms with E-state index in [-0.39, 0.29) is 6.54 Å². The number of aliphatic carboxylic acids is 3. The highest BCUT2D eigenvalue weighted by molar-refractivity contribution is 5.73. The molecule has 7 nitrogen and oxygen atoms in total. The van der Waals surface area contributed by atoms with Gasteiger partial charge >= 0.3 is 17.9 Å². The molecule has 0 unspecified atom stereocenters. The summed E-state index contributed by atoms with van der Waals surface area (Å²) in [6.07, 6.45) is 27.9. The Bertz CT molecular complexity index is 564. The summed E-state index contributed by atoms with van der Waals surface area (Å²) < 4.78 is -0.437. The van der Waals surface area contributed by atoms with E-state index in [0.29, 0.717) is 6.42 Å². The van der Waals surface area contributed by atoms with Crippen LogP contribution in [0.25, 0.3) is 0 Å². The molecule has 0 saturated carbocycles. The summed E-state index contributed by atoms with van der Waals surface area (Å²) in [5.41, 5.74) is 0. The average Bonchev–Trinajstić information content (AvgIpc) is 2.78. The van der Waals surface area contributed by atoms with E-state index in [1.165, 1.54) is 96.3 Å². The van der Waals surface area contributed by atoms with Crippen molar-refractivity contribution < 1.29 is 34.2 Å². The van der Waals surface area contributed by atoms with Crippen molar-refractivity contribution in [1.29, 1.82) is 0 Å². The molecule has 0 aliphatic carbocycles. The lowest BCUT2D eigenvalue weighted by atomic mass is 10.1. The van der Waals surface area contributed by atoms with E-state index in [1.807, 2.05) is 0 Å². The zero-order valence-corrected chi connectivity index (χ0v) is 22.9. The third-order valence-corrected chi connectivity index (χ3v) is 6.81. The molecule has 0 fully saturated rings. The average molecular weight is 513 g/mol. The Labute approximate surface area is 219 Å². The van der Waals surface area contributed by atoms with Crippen molar-refractivity contribution in [3.05, 3.63) is 12.2 Å². The van der Waals surface area contributed by atoms with Gasteiger partial charge in [-0.05, 0) is 38.5 Å². The first-order valence-corrected chi connectivity index (χ1v) is 14.5. The normalized spacial score (nSPS) is 11.8. The maximum atomic E-state index is 11.2. The van der Waals surface area contributed by atoms with Gasteiger partial charge in [-0.3, -0.25) is 4.48 Å². The number of quaternary nitrogens is 1. The molecule has 0 heterocycles. The number of carbonyl (C=O) groups is 3. The summed E-state index contributed by atoms with van der Waals surface area (Å²) in [5, 5.41) is 27.4. The number of carboxylic acid groups (broad SMARTS) is 3. The molecule has 0 radical (unpaired) electrons. The predicted octanol–water partition coefficient (Wildman–Crippen LogP) is 7.05. The second-order valence-electron chi connectivity index (χ2n) is 10.4. The Morgan fingerprint density at radius 2 is 0.806 bits per heavy atom. The van der Waals surface area contributed by atoms with Crippen LogP contribution in [0, 0.1) is 0 Å². The molecule has 0 atom stereocenters. The molecule has 210 valence electrons. The molecule has 0 aromatic carbocycles. The molecule has 0 rings (SSSR count). The first-order chi connectivity index (χ1) is 17.3. The van der Waals surface area contributed by atoms with Gasteiger partial charge in [-0.15, -0.1) is 0 Å². The van der Waals surface area contributed by atoms with Crippen LogP contribution in [0.15, 0.2) is 12.2 Å². The highest BCUT2D eigenvalue weighted by Gasteiger charge is 2.35. The number of nitrogens with zero attached hydrogens (tertiary/aromatic N) is 1. The van der Waals surface area contributed by atoms with E-state index in [0.717, 1.165) is 19.3 Å². The number of unbranched alkanes of at least 4 members (excludes halogenated alkanes) is 17. The van der Waals surface area contributed by atoms with E-state index in [2.05, 4.69) is 19.1 Å². The minimum absolute atomic E-state index is 0.261. The van der Waals surface area contributed by atoms with Crippen molar-refractivity contribution in [3.8, 4) is 0 Å². The van der Waals surface area contributed by atoms with Gasteiger partial charge < -0.3 is 15.3 Å². The SMILES string of the molecule is CCCCCCCCCC/C=C/CCCCCCCCCCC[N+](CC(=O)O)(CC(=O)O)CC(=O)O. The molecular weight excluding hydrogens is 458 g/mol. The maximum Gasteiger partial charge on any atom is 0.359 e. The van der Waals surface area contributed by atoms with Crippen molar-refractivity contribution in [2.45, 2.75) is 129 Å². The van der Waals surface area contributed by atoms with Gasteiger partial charge in [0, 0.05) is 0 Å². The van der Waals surface area contributed by atoms with Gasteiger partial charge in [0.1, 0.15) is 0 Å². The molecule has 0 spiro atoms. The fourth-order valence-corrected chi connectivity index (χ4v) is 4.84. The maximum absolute atomic E-state index is 11.2. The van der Waals surface area contributed by atoms with Gasteiger partial charge in [-0.25, -0.2) is 14.4 Å². The summed E-state index contributed by atoms with van der Waals surface area (Å²) in [7, 11) is 0. The Kier molecular flexibility index (Phi) is 22.3. The number of hydrogen-bond donors (Lipinski definition) is 3. The van der Waals surface area contributed by atoms with Crippen molar-refractivity contribution in [1.82, 2.24) is 0 Å². The number of allylic oxidation sites excluding steroid dienone is 2. The third kappa shape index (κ3) is 22.6. The molecule has 0 amide bonds. The Hall–Kier alpha value is -1.89. The zero-order valence-electron chi connectivity index (χ0n) is 22.9. The smallest absolute Gasteiger partial charge is 0.359 e.